The van der Waals surface area contributed by atoms with E-state index >= 15 is 0 Å². The predicted molar refractivity (Wildman–Crippen MR) is 114 cm³/mol. The summed E-state index contributed by atoms with van der Waals surface area (Å²) < 4.78 is 1.56. The highest BCUT2D eigenvalue weighted by atomic mass is 32.1. The van der Waals surface area contributed by atoms with E-state index in [2.05, 4.69) is 10.3 Å². The van der Waals surface area contributed by atoms with Crippen LogP contribution in [-0.2, 0) is 11.3 Å². The summed E-state index contributed by atoms with van der Waals surface area (Å²) in [5.41, 5.74) is 3.04. The molecule has 2 heterocycles. The fraction of sp³-hybridized carbons (Fsp3) is 0.409. The second kappa shape index (κ2) is 8.27. The maximum atomic E-state index is 13.0. The van der Waals surface area contributed by atoms with E-state index in [4.69, 9.17) is 0 Å². The number of fused-ring (bicyclic) bond motifs is 1. The highest BCUT2D eigenvalue weighted by Crippen LogP contribution is 2.30. The molecule has 0 saturated heterocycles. The van der Waals surface area contributed by atoms with Crippen LogP contribution in [0.25, 0.3) is 21.3 Å². The molecule has 0 radical (unpaired) electrons. The molecule has 6 heteroatoms. The van der Waals surface area contributed by atoms with Crippen molar-refractivity contribution in [1.29, 1.82) is 0 Å². The number of benzene rings is 1. The standard InChI is InChI=1S/C22H25N3O2S/c1-15-6-8-17(9-7-15)18-13-28-21-20(18)22(27)25(14-24-21)11-10-19(26)23-12-16-4-2-3-5-16/h6-9,13-14,16H,2-5,10-12H2,1H3,(H,23,26). The molecule has 4 rings (SSSR count). The molecular formula is C22H25N3O2S. The first-order valence-corrected chi connectivity index (χ1v) is 10.8. The molecule has 28 heavy (non-hydrogen) atoms. The summed E-state index contributed by atoms with van der Waals surface area (Å²) in [4.78, 5) is 30.4. The summed E-state index contributed by atoms with van der Waals surface area (Å²) in [6.07, 6.45) is 6.81. The lowest BCUT2D eigenvalue weighted by Gasteiger charge is -2.11. The van der Waals surface area contributed by atoms with Gasteiger partial charge < -0.3 is 5.32 Å². The van der Waals surface area contributed by atoms with Crippen LogP contribution < -0.4 is 10.9 Å². The zero-order chi connectivity index (χ0) is 19.5. The van der Waals surface area contributed by atoms with Crippen LogP contribution in [0.15, 0.2) is 40.8 Å². The Bertz CT molecular complexity index is 1030. The topological polar surface area (TPSA) is 64.0 Å². The number of hydrogen-bond donors (Lipinski definition) is 1. The van der Waals surface area contributed by atoms with E-state index < -0.39 is 0 Å². The van der Waals surface area contributed by atoms with Crippen LogP contribution in [0.4, 0.5) is 0 Å². The first-order valence-electron chi connectivity index (χ1n) is 9.92. The molecule has 146 valence electrons. The van der Waals surface area contributed by atoms with Gasteiger partial charge >= 0.3 is 0 Å². The first-order chi connectivity index (χ1) is 13.6. The minimum Gasteiger partial charge on any atom is -0.356 e. The van der Waals surface area contributed by atoms with Crippen LogP contribution in [0.5, 0.6) is 0 Å². The van der Waals surface area contributed by atoms with Gasteiger partial charge in [0, 0.05) is 30.5 Å². The molecule has 0 spiro atoms. The molecule has 0 atom stereocenters. The quantitative estimate of drug-likeness (QED) is 0.682. The van der Waals surface area contributed by atoms with Crippen LogP contribution in [0.3, 0.4) is 0 Å². The predicted octanol–water partition coefficient (Wildman–Crippen LogP) is 4.13. The molecule has 5 nitrogen and oxygen atoms in total. The van der Waals surface area contributed by atoms with Gasteiger partial charge in [-0.25, -0.2) is 4.98 Å². The molecule has 0 aliphatic heterocycles. The van der Waals surface area contributed by atoms with E-state index in [1.165, 1.54) is 42.6 Å². The lowest BCUT2D eigenvalue weighted by atomic mass is 10.1. The molecule has 2 aromatic heterocycles. The van der Waals surface area contributed by atoms with Gasteiger partial charge in [0.15, 0.2) is 0 Å². The highest BCUT2D eigenvalue weighted by Gasteiger charge is 2.16. The van der Waals surface area contributed by atoms with E-state index in [1.807, 2.05) is 36.6 Å². The van der Waals surface area contributed by atoms with E-state index in [-0.39, 0.29) is 11.5 Å². The zero-order valence-electron chi connectivity index (χ0n) is 16.1. The van der Waals surface area contributed by atoms with Gasteiger partial charge in [-0.15, -0.1) is 11.3 Å². The third-order valence-corrected chi connectivity index (χ3v) is 6.45. The number of aromatic nitrogens is 2. The van der Waals surface area contributed by atoms with Gasteiger partial charge in [-0.3, -0.25) is 14.2 Å². The van der Waals surface area contributed by atoms with Crippen LogP contribution >= 0.6 is 11.3 Å². The van der Waals surface area contributed by atoms with E-state index in [9.17, 15) is 9.59 Å². The number of hydrogen-bond acceptors (Lipinski definition) is 4. The second-order valence-electron chi connectivity index (χ2n) is 7.64. The average molecular weight is 396 g/mol. The summed E-state index contributed by atoms with van der Waals surface area (Å²) in [6, 6.07) is 8.15. The van der Waals surface area contributed by atoms with Crippen molar-refractivity contribution in [2.45, 2.75) is 45.6 Å². The Morgan fingerprint density at radius 3 is 2.75 bits per heavy atom. The van der Waals surface area contributed by atoms with Gasteiger partial charge in [-0.1, -0.05) is 42.7 Å². The smallest absolute Gasteiger partial charge is 0.262 e. The van der Waals surface area contributed by atoms with Gasteiger partial charge in [0.2, 0.25) is 5.91 Å². The number of aryl methyl sites for hydroxylation is 2. The van der Waals surface area contributed by atoms with E-state index in [1.54, 1.807) is 10.9 Å². The number of nitrogens with zero attached hydrogens (tertiary/aromatic N) is 2. The molecule has 1 aromatic carbocycles. The molecule has 1 aliphatic carbocycles. The summed E-state index contributed by atoms with van der Waals surface area (Å²) >= 11 is 1.48. The molecular weight excluding hydrogens is 370 g/mol. The Kier molecular flexibility index (Phi) is 5.57. The van der Waals surface area contributed by atoms with Gasteiger partial charge in [-0.2, -0.15) is 0 Å². The van der Waals surface area contributed by atoms with Crippen LogP contribution in [-0.4, -0.2) is 22.0 Å². The Morgan fingerprint density at radius 1 is 1.25 bits per heavy atom. The van der Waals surface area contributed by atoms with Gasteiger partial charge in [0.1, 0.15) is 4.83 Å². The SMILES string of the molecule is Cc1ccc(-c2csc3ncn(CCC(=O)NCC4CCCC4)c(=O)c23)cc1. The Hall–Kier alpha value is -2.47. The Labute approximate surface area is 168 Å². The minimum atomic E-state index is -0.0783. The van der Waals surface area contributed by atoms with Crippen molar-refractivity contribution in [3.8, 4) is 11.1 Å². The minimum absolute atomic E-state index is 0.00275. The summed E-state index contributed by atoms with van der Waals surface area (Å²) in [7, 11) is 0. The van der Waals surface area contributed by atoms with Gasteiger partial charge in [0.05, 0.1) is 11.7 Å². The highest BCUT2D eigenvalue weighted by molar-refractivity contribution is 7.17. The van der Waals surface area contributed by atoms with Crippen molar-refractivity contribution in [3.63, 3.8) is 0 Å². The molecule has 1 saturated carbocycles. The molecule has 3 aromatic rings. The van der Waals surface area contributed by atoms with Crippen LogP contribution in [0, 0.1) is 12.8 Å². The van der Waals surface area contributed by atoms with Crippen LogP contribution in [0.1, 0.15) is 37.7 Å². The third-order valence-electron chi connectivity index (χ3n) is 5.57. The molecule has 1 N–H and O–H groups in total. The molecule has 1 aliphatic rings. The fourth-order valence-corrected chi connectivity index (χ4v) is 4.76. The number of amides is 1. The average Bonchev–Trinajstić information content (AvgIpc) is 3.36. The maximum absolute atomic E-state index is 13.0. The van der Waals surface area contributed by atoms with Crippen molar-refractivity contribution in [2.24, 2.45) is 5.92 Å². The summed E-state index contributed by atoms with van der Waals surface area (Å²) in [5.74, 6) is 0.621. The van der Waals surface area contributed by atoms with Gasteiger partial charge in [-0.05, 0) is 31.2 Å². The van der Waals surface area contributed by atoms with Crippen molar-refractivity contribution >= 4 is 27.5 Å². The normalized spacial score (nSPS) is 14.6. The number of rotatable bonds is 6. The Balaban J connectivity index is 1.49. The van der Waals surface area contributed by atoms with E-state index in [0.29, 0.717) is 24.3 Å². The third kappa shape index (κ3) is 4.02. The lowest BCUT2D eigenvalue weighted by Crippen LogP contribution is -2.30. The lowest BCUT2D eigenvalue weighted by molar-refractivity contribution is -0.121. The van der Waals surface area contributed by atoms with Crippen molar-refractivity contribution in [2.75, 3.05) is 6.54 Å². The van der Waals surface area contributed by atoms with Gasteiger partial charge in [0.25, 0.3) is 5.56 Å². The molecule has 1 fully saturated rings. The molecule has 0 unspecified atom stereocenters. The monoisotopic (exact) mass is 395 g/mol. The largest absolute Gasteiger partial charge is 0.356 e. The maximum Gasteiger partial charge on any atom is 0.262 e. The number of carbonyl (C=O) groups is 1. The summed E-state index contributed by atoms with van der Waals surface area (Å²) in [6.45, 7) is 3.15. The second-order valence-corrected chi connectivity index (χ2v) is 8.50. The number of thiophene rings is 1. The molecule has 0 bridgehead atoms. The van der Waals surface area contributed by atoms with Crippen molar-refractivity contribution in [3.05, 3.63) is 51.9 Å². The first kappa shape index (κ1) is 18.9. The fourth-order valence-electron chi connectivity index (χ4n) is 3.86. The Morgan fingerprint density at radius 2 is 2.00 bits per heavy atom. The molecule has 1 amide bonds. The number of nitrogens with one attached hydrogen (secondary N) is 1. The zero-order valence-corrected chi connectivity index (χ0v) is 16.9. The van der Waals surface area contributed by atoms with Crippen molar-refractivity contribution in [1.82, 2.24) is 14.9 Å². The number of carbonyl (C=O) groups excluding carboxylic acids is 1. The summed E-state index contributed by atoms with van der Waals surface area (Å²) in [5, 5.41) is 5.65. The van der Waals surface area contributed by atoms with Crippen molar-refractivity contribution < 1.29 is 4.79 Å². The van der Waals surface area contributed by atoms with E-state index in [0.717, 1.165) is 22.5 Å². The van der Waals surface area contributed by atoms with Crippen LogP contribution in [0.2, 0.25) is 0 Å².